The molecule has 0 N–H and O–H groups in total. The van der Waals surface area contributed by atoms with Crippen LogP contribution in [0.5, 0.6) is 0 Å². The van der Waals surface area contributed by atoms with Gasteiger partial charge in [-0.1, -0.05) is 16.6 Å². The zero-order chi connectivity index (χ0) is 14.1. The highest BCUT2D eigenvalue weighted by molar-refractivity contribution is 7.20. The zero-order valence-electron chi connectivity index (χ0n) is 10.4. The number of thiazole rings is 1. The molecule has 0 fully saturated rings. The Morgan fingerprint density at radius 2 is 2.35 bits per heavy atom. The summed E-state index contributed by atoms with van der Waals surface area (Å²) in [6.07, 6.45) is 1.44. The molecule has 0 saturated heterocycles. The first-order chi connectivity index (χ1) is 9.67. The van der Waals surface area contributed by atoms with Crippen molar-refractivity contribution in [2.45, 2.75) is 6.92 Å². The number of rotatable bonds is 3. The van der Waals surface area contributed by atoms with Crippen LogP contribution >= 0.6 is 11.3 Å². The van der Waals surface area contributed by atoms with Crippen molar-refractivity contribution in [2.24, 2.45) is 0 Å². The number of ether oxygens (including phenoxy) is 1. The van der Waals surface area contributed by atoms with Gasteiger partial charge >= 0.3 is 5.97 Å². The first-order valence-corrected chi connectivity index (χ1v) is 6.65. The van der Waals surface area contributed by atoms with Gasteiger partial charge in [-0.2, -0.15) is 4.68 Å². The van der Waals surface area contributed by atoms with Crippen LogP contribution in [0.15, 0.2) is 24.4 Å². The van der Waals surface area contributed by atoms with Gasteiger partial charge in [0, 0.05) is 0 Å². The molecule has 1 aromatic carbocycles. The maximum absolute atomic E-state index is 13.1. The molecule has 0 aliphatic carbocycles. The van der Waals surface area contributed by atoms with Gasteiger partial charge in [-0.25, -0.2) is 14.2 Å². The van der Waals surface area contributed by atoms with Crippen LogP contribution in [-0.2, 0) is 4.74 Å². The van der Waals surface area contributed by atoms with Gasteiger partial charge in [-0.05, 0) is 25.1 Å². The monoisotopic (exact) mass is 292 g/mol. The lowest BCUT2D eigenvalue weighted by Crippen LogP contribution is -2.04. The molecule has 0 unspecified atom stereocenters. The van der Waals surface area contributed by atoms with Gasteiger partial charge in [-0.3, -0.25) is 0 Å². The summed E-state index contributed by atoms with van der Waals surface area (Å²) >= 11 is 1.26. The van der Waals surface area contributed by atoms with Crippen molar-refractivity contribution in [1.82, 2.24) is 20.0 Å². The summed E-state index contributed by atoms with van der Waals surface area (Å²) < 4.78 is 20.0. The van der Waals surface area contributed by atoms with Crippen LogP contribution in [0, 0.1) is 5.82 Å². The van der Waals surface area contributed by atoms with E-state index in [9.17, 15) is 9.18 Å². The molecule has 8 heteroatoms. The summed E-state index contributed by atoms with van der Waals surface area (Å²) in [4.78, 5) is 15.8. The number of hydrogen-bond acceptors (Lipinski definition) is 6. The number of benzene rings is 1. The SMILES string of the molecule is CCOC(=O)c1cn(-c2nc3ccc(F)cc3s2)nn1. The van der Waals surface area contributed by atoms with E-state index in [1.165, 1.54) is 34.3 Å². The molecule has 3 rings (SSSR count). The molecule has 0 bridgehead atoms. The molecule has 0 aliphatic heterocycles. The minimum Gasteiger partial charge on any atom is -0.461 e. The number of esters is 1. The van der Waals surface area contributed by atoms with Crippen LogP contribution in [0.4, 0.5) is 4.39 Å². The average molecular weight is 292 g/mol. The third-order valence-corrected chi connectivity index (χ3v) is 3.52. The molecule has 3 aromatic rings. The van der Waals surface area contributed by atoms with E-state index in [2.05, 4.69) is 15.3 Å². The molecule has 0 radical (unpaired) electrons. The Morgan fingerprint density at radius 3 is 3.15 bits per heavy atom. The van der Waals surface area contributed by atoms with Crippen LogP contribution in [0.2, 0.25) is 0 Å². The molecule has 2 aromatic heterocycles. The van der Waals surface area contributed by atoms with Crippen molar-refractivity contribution in [3.05, 3.63) is 35.9 Å². The van der Waals surface area contributed by atoms with Gasteiger partial charge in [0.25, 0.3) is 0 Å². The molecular weight excluding hydrogens is 283 g/mol. The van der Waals surface area contributed by atoms with E-state index >= 15 is 0 Å². The van der Waals surface area contributed by atoms with Gasteiger partial charge < -0.3 is 4.74 Å². The second kappa shape index (κ2) is 4.97. The van der Waals surface area contributed by atoms with Crippen molar-refractivity contribution >= 4 is 27.5 Å². The Morgan fingerprint density at radius 1 is 1.50 bits per heavy atom. The van der Waals surface area contributed by atoms with Crippen LogP contribution in [0.25, 0.3) is 15.3 Å². The van der Waals surface area contributed by atoms with Crippen molar-refractivity contribution in [3.63, 3.8) is 0 Å². The highest BCUT2D eigenvalue weighted by Gasteiger charge is 2.14. The highest BCUT2D eigenvalue weighted by atomic mass is 32.1. The van der Waals surface area contributed by atoms with Crippen LogP contribution in [-0.4, -0.2) is 32.6 Å². The summed E-state index contributed by atoms with van der Waals surface area (Å²) in [6.45, 7) is 1.98. The van der Waals surface area contributed by atoms with E-state index in [-0.39, 0.29) is 18.1 Å². The lowest BCUT2D eigenvalue weighted by atomic mass is 10.3. The lowest BCUT2D eigenvalue weighted by molar-refractivity contribution is 0.0519. The van der Waals surface area contributed by atoms with Gasteiger partial charge in [0.1, 0.15) is 5.82 Å². The van der Waals surface area contributed by atoms with Crippen molar-refractivity contribution < 1.29 is 13.9 Å². The van der Waals surface area contributed by atoms with E-state index in [0.717, 1.165) is 0 Å². The fourth-order valence-electron chi connectivity index (χ4n) is 1.64. The highest BCUT2D eigenvalue weighted by Crippen LogP contribution is 2.25. The first kappa shape index (κ1) is 12.7. The third kappa shape index (κ3) is 2.25. The largest absolute Gasteiger partial charge is 0.461 e. The van der Waals surface area contributed by atoms with E-state index in [1.54, 1.807) is 13.0 Å². The number of hydrogen-bond donors (Lipinski definition) is 0. The Hall–Kier alpha value is -2.35. The van der Waals surface area contributed by atoms with E-state index < -0.39 is 5.97 Å². The second-order valence-corrected chi connectivity index (χ2v) is 4.89. The number of halogens is 1. The van der Waals surface area contributed by atoms with E-state index in [1.807, 2.05) is 0 Å². The second-order valence-electron chi connectivity index (χ2n) is 3.88. The predicted octanol–water partition coefficient (Wildman–Crippen LogP) is 2.19. The predicted molar refractivity (Wildman–Crippen MR) is 70.5 cm³/mol. The molecule has 0 saturated carbocycles. The molecule has 0 atom stereocenters. The molecule has 102 valence electrons. The van der Waals surface area contributed by atoms with Crippen molar-refractivity contribution in [1.29, 1.82) is 0 Å². The molecule has 2 heterocycles. The third-order valence-electron chi connectivity index (χ3n) is 2.51. The normalized spacial score (nSPS) is 10.9. The molecule has 0 amide bonds. The topological polar surface area (TPSA) is 69.9 Å². The quantitative estimate of drug-likeness (QED) is 0.692. The molecule has 6 nitrogen and oxygen atoms in total. The number of carbonyl (C=O) groups excluding carboxylic acids is 1. The summed E-state index contributed by atoms with van der Waals surface area (Å²) in [6, 6.07) is 4.34. The van der Waals surface area contributed by atoms with Gasteiger partial charge in [0.05, 0.1) is 23.0 Å². The minimum absolute atomic E-state index is 0.109. The summed E-state index contributed by atoms with van der Waals surface area (Å²) in [5.74, 6) is -0.857. The first-order valence-electron chi connectivity index (χ1n) is 5.83. The van der Waals surface area contributed by atoms with Gasteiger partial charge in [-0.15, -0.1) is 5.10 Å². The maximum Gasteiger partial charge on any atom is 0.360 e. The van der Waals surface area contributed by atoms with Crippen LogP contribution < -0.4 is 0 Å². The minimum atomic E-state index is -0.536. The lowest BCUT2D eigenvalue weighted by Gasteiger charge is -1.94. The number of fused-ring (bicyclic) bond motifs is 1. The fraction of sp³-hybridized carbons (Fsp3) is 0.167. The molecule has 0 aliphatic rings. The smallest absolute Gasteiger partial charge is 0.360 e. The Kier molecular flexibility index (Phi) is 3.15. The van der Waals surface area contributed by atoms with E-state index in [4.69, 9.17) is 4.74 Å². The van der Waals surface area contributed by atoms with Crippen molar-refractivity contribution in [3.8, 4) is 5.13 Å². The Labute approximate surface area is 116 Å². The molecule has 0 spiro atoms. The average Bonchev–Trinajstić information content (AvgIpc) is 3.04. The fourth-order valence-corrected chi connectivity index (χ4v) is 2.55. The molecule has 20 heavy (non-hydrogen) atoms. The van der Waals surface area contributed by atoms with Gasteiger partial charge in [0.2, 0.25) is 5.13 Å². The summed E-state index contributed by atoms with van der Waals surface area (Å²) in [5.41, 5.74) is 0.775. The van der Waals surface area contributed by atoms with Crippen LogP contribution in [0.3, 0.4) is 0 Å². The van der Waals surface area contributed by atoms with Gasteiger partial charge in [0.15, 0.2) is 5.69 Å². The Balaban J connectivity index is 1.96. The van der Waals surface area contributed by atoms with E-state index in [0.29, 0.717) is 15.3 Å². The summed E-state index contributed by atoms with van der Waals surface area (Å²) in [5, 5.41) is 8.07. The standard InChI is InChI=1S/C12H9FN4O2S/c1-2-19-11(18)9-6-17(16-15-9)12-14-8-4-3-7(13)5-10(8)20-12/h3-6H,2H2,1H3. The van der Waals surface area contributed by atoms with Crippen LogP contribution in [0.1, 0.15) is 17.4 Å². The summed E-state index contributed by atoms with van der Waals surface area (Å²) in [7, 11) is 0. The number of nitrogens with zero attached hydrogens (tertiary/aromatic N) is 4. The number of carbonyl (C=O) groups is 1. The molecular formula is C12H9FN4O2S. The van der Waals surface area contributed by atoms with Crippen molar-refractivity contribution in [2.75, 3.05) is 6.61 Å². The Bertz CT molecular complexity index is 783. The maximum atomic E-state index is 13.1. The zero-order valence-corrected chi connectivity index (χ0v) is 11.2. The number of aromatic nitrogens is 4.